The number of rotatable bonds is 6. The topological polar surface area (TPSA) is 52.9 Å². The zero-order valence-electron chi connectivity index (χ0n) is 13.1. The second kappa shape index (κ2) is 6.76. The lowest BCUT2D eigenvalue weighted by molar-refractivity contribution is 0.541. The Hall–Kier alpha value is -1.81. The molecule has 0 aliphatic heterocycles. The summed E-state index contributed by atoms with van der Waals surface area (Å²) in [5.74, 6) is 0.515. The minimum atomic E-state index is -0.165. The van der Waals surface area contributed by atoms with Gasteiger partial charge in [0, 0.05) is 31.5 Å². The fraction of sp³-hybridized carbons (Fsp3) is 0.471. The van der Waals surface area contributed by atoms with Crippen molar-refractivity contribution in [3.05, 3.63) is 58.3 Å². The van der Waals surface area contributed by atoms with Crippen molar-refractivity contribution in [2.45, 2.75) is 52.2 Å². The average molecular weight is 287 g/mol. The molecule has 4 heteroatoms. The molecule has 21 heavy (non-hydrogen) atoms. The molecule has 0 spiro atoms. The van der Waals surface area contributed by atoms with Crippen molar-refractivity contribution in [1.29, 1.82) is 0 Å². The Kier molecular flexibility index (Phi) is 5.02. The first-order valence-corrected chi connectivity index (χ1v) is 7.64. The molecule has 2 rings (SSSR count). The molecule has 0 aliphatic rings. The van der Waals surface area contributed by atoms with Crippen LogP contribution in [0.5, 0.6) is 0 Å². The minimum Gasteiger partial charge on any atom is -0.322 e. The summed E-state index contributed by atoms with van der Waals surface area (Å²) in [6.45, 7) is 7.67. The zero-order valence-corrected chi connectivity index (χ0v) is 13.1. The third-order valence-corrected chi connectivity index (χ3v) is 3.81. The molecule has 4 nitrogen and oxygen atoms in total. The SMILES string of the molecule is CCCn1ccn(CC(N)c2ccc(C(C)C)cc2)c1=O. The summed E-state index contributed by atoms with van der Waals surface area (Å²) in [6, 6.07) is 8.19. The molecule has 0 bridgehead atoms. The highest BCUT2D eigenvalue weighted by Gasteiger charge is 2.10. The second-order valence-electron chi connectivity index (χ2n) is 5.85. The molecule has 0 saturated carbocycles. The van der Waals surface area contributed by atoms with Crippen LogP contribution in [0.4, 0.5) is 0 Å². The normalized spacial score (nSPS) is 12.8. The minimum absolute atomic E-state index is 0.0195. The van der Waals surface area contributed by atoms with E-state index in [9.17, 15) is 4.79 Å². The molecule has 2 aromatic rings. The monoisotopic (exact) mass is 287 g/mol. The summed E-state index contributed by atoms with van der Waals surface area (Å²) >= 11 is 0. The number of hydrogen-bond acceptors (Lipinski definition) is 2. The Morgan fingerprint density at radius 1 is 1.05 bits per heavy atom. The van der Waals surface area contributed by atoms with Crippen LogP contribution in [0.3, 0.4) is 0 Å². The van der Waals surface area contributed by atoms with Crippen molar-refractivity contribution in [3.8, 4) is 0 Å². The third-order valence-electron chi connectivity index (χ3n) is 3.81. The number of hydrogen-bond donors (Lipinski definition) is 1. The molecule has 0 aliphatic carbocycles. The van der Waals surface area contributed by atoms with E-state index in [0.717, 1.165) is 18.5 Å². The highest BCUT2D eigenvalue weighted by Crippen LogP contribution is 2.18. The smallest absolute Gasteiger partial charge is 0.322 e. The van der Waals surface area contributed by atoms with Gasteiger partial charge in [-0.05, 0) is 23.5 Å². The van der Waals surface area contributed by atoms with Crippen LogP contribution in [0.25, 0.3) is 0 Å². The van der Waals surface area contributed by atoms with E-state index in [1.165, 1.54) is 5.56 Å². The number of nitrogens with zero attached hydrogens (tertiary/aromatic N) is 2. The Labute approximate surface area is 126 Å². The van der Waals surface area contributed by atoms with Gasteiger partial charge in [-0.2, -0.15) is 0 Å². The maximum atomic E-state index is 12.1. The molecular formula is C17H25N3O. The number of aryl methyl sites for hydroxylation is 1. The van der Waals surface area contributed by atoms with E-state index in [1.807, 2.05) is 12.4 Å². The Morgan fingerprint density at radius 3 is 2.19 bits per heavy atom. The van der Waals surface area contributed by atoms with Gasteiger partial charge in [-0.25, -0.2) is 4.79 Å². The summed E-state index contributed by atoms with van der Waals surface area (Å²) in [5, 5.41) is 0. The summed E-state index contributed by atoms with van der Waals surface area (Å²) in [5.41, 5.74) is 8.62. The lowest BCUT2D eigenvalue weighted by atomic mass is 9.99. The van der Waals surface area contributed by atoms with Gasteiger partial charge in [0.25, 0.3) is 0 Å². The van der Waals surface area contributed by atoms with E-state index in [0.29, 0.717) is 12.5 Å². The Bertz CT molecular complexity index is 622. The molecule has 114 valence electrons. The van der Waals surface area contributed by atoms with Crippen LogP contribution in [0.15, 0.2) is 41.5 Å². The Morgan fingerprint density at radius 2 is 1.62 bits per heavy atom. The van der Waals surface area contributed by atoms with Crippen LogP contribution in [0.2, 0.25) is 0 Å². The number of imidazole rings is 1. The van der Waals surface area contributed by atoms with Crippen molar-refractivity contribution in [2.24, 2.45) is 5.73 Å². The first-order chi connectivity index (χ1) is 10.0. The first kappa shape index (κ1) is 15.6. The molecule has 2 N–H and O–H groups in total. The molecule has 1 aromatic carbocycles. The molecule has 1 atom stereocenters. The van der Waals surface area contributed by atoms with Crippen molar-refractivity contribution in [2.75, 3.05) is 0 Å². The van der Waals surface area contributed by atoms with Crippen LogP contribution in [0.1, 0.15) is 50.3 Å². The van der Waals surface area contributed by atoms with E-state index >= 15 is 0 Å². The molecule has 0 amide bonds. The van der Waals surface area contributed by atoms with E-state index in [1.54, 1.807) is 9.13 Å². The molecule has 1 unspecified atom stereocenters. The van der Waals surface area contributed by atoms with Crippen LogP contribution >= 0.6 is 0 Å². The molecule has 0 fully saturated rings. The standard InChI is InChI=1S/C17H25N3O/c1-4-9-19-10-11-20(17(19)21)12-16(18)15-7-5-14(6-8-15)13(2)3/h5-8,10-11,13,16H,4,9,12,18H2,1-3H3. The van der Waals surface area contributed by atoms with Gasteiger partial charge in [-0.1, -0.05) is 45.0 Å². The van der Waals surface area contributed by atoms with Gasteiger partial charge in [0.15, 0.2) is 0 Å². The van der Waals surface area contributed by atoms with E-state index < -0.39 is 0 Å². The van der Waals surface area contributed by atoms with Gasteiger partial charge in [-0.15, -0.1) is 0 Å². The van der Waals surface area contributed by atoms with Crippen LogP contribution in [-0.2, 0) is 13.1 Å². The Balaban J connectivity index is 2.10. The average Bonchev–Trinajstić information content (AvgIpc) is 2.81. The van der Waals surface area contributed by atoms with E-state index in [2.05, 4.69) is 45.0 Å². The summed E-state index contributed by atoms with van der Waals surface area (Å²) in [6.07, 6.45) is 4.60. The maximum Gasteiger partial charge on any atom is 0.328 e. The largest absolute Gasteiger partial charge is 0.328 e. The van der Waals surface area contributed by atoms with Crippen LogP contribution < -0.4 is 11.4 Å². The predicted molar refractivity (Wildman–Crippen MR) is 86.4 cm³/mol. The van der Waals surface area contributed by atoms with Gasteiger partial charge in [0.1, 0.15) is 0 Å². The van der Waals surface area contributed by atoms with Gasteiger partial charge in [0.2, 0.25) is 0 Å². The second-order valence-corrected chi connectivity index (χ2v) is 5.85. The van der Waals surface area contributed by atoms with Gasteiger partial charge in [0.05, 0.1) is 0 Å². The fourth-order valence-corrected chi connectivity index (χ4v) is 2.45. The lowest BCUT2D eigenvalue weighted by Gasteiger charge is -2.14. The van der Waals surface area contributed by atoms with E-state index in [4.69, 9.17) is 5.73 Å². The lowest BCUT2D eigenvalue weighted by Crippen LogP contribution is -2.28. The van der Waals surface area contributed by atoms with Gasteiger partial charge >= 0.3 is 5.69 Å². The van der Waals surface area contributed by atoms with Crippen LogP contribution in [-0.4, -0.2) is 9.13 Å². The molecular weight excluding hydrogens is 262 g/mol. The quantitative estimate of drug-likeness (QED) is 0.888. The highest BCUT2D eigenvalue weighted by molar-refractivity contribution is 5.26. The summed E-state index contributed by atoms with van der Waals surface area (Å²) in [4.78, 5) is 12.1. The molecule has 0 saturated heterocycles. The van der Waals surface area contributed by atoms with Crippen molar-refractivity contribution in [3.63, 3.8) is 0 Å². The summed E-state index contributed by atoms with van der Waals surface area (Å²) < 4.78 is 3.42. The number of benzene rings is 1. The van der Waals surface area contributed by atoms with Gasteiger partial charge < -0.3 is 5.73 Å². The molecule has 1 aromatic heterocycles. The van der Waals surface area contributed by atoms with Crippen LogP contribution in [0, 0.1) is 0 Å². The van der Waals surface area contributed by atoms with Crippen molar-refractivity contribution >= 4 is 0 Å². The van der Waals surface area contributed by atoms with E-state index in [-0.39, 0.29) is 11.7 Å². The zero-order chi connectivity index (χ0) is 15.4. The van der Waals surface area contributed by atoms with Gasteiger partial charge in [-0.3, -0.25) is 9.13 Å². The number of nitrogens with two attached hydrogens (primary N) is 1. The molecule has 1 heterocycles. The molecule has 0 radical (unpaired) electrons. The highest BCUT2D eigenvalue weighted by atomic mass is 16.1. The fourth-order valence-electron chi connectivity index (χ4n) is 2.45. The van der Waals surface area contributed by atoms with Crippen molar-refractivity contribution in [1.82, 2.24) is 9.13 Å². The maximum absolute atomic E-state index is 12.1. The third kappa shape index (κ3) is 3.64. The summed E-state index contributed by atoms with van der Waals surface area (Å²) in [7, 11) is 0. The van der Waals surface area contributed by atoms with Crippen molar-refractivity contribution < 1.29 is 0 Å². The predicted octanol–water partition coefficient (Wildman–Crippen LogP) is 2.88. The number of aromatic nitrogens is 2. The first-order valence-electron chi connectivity index (χ1n) is 7.64.